The molecular formula is C19H18N4O3S. The predicted molar refractivity (Wildman–Crippen MR) is 103 cm³/mol. The molecule has 8 heteroatoms. The number of anilines is 1. The molecule has 7 nitrogen and oxygen atoms in total. The van der Waals surface area contributed by atoms with Crippen LogP contribution in [0.15, 0.2) is 71.9 Å². The minimum absolute atomic E-state index is 0.0349. The summed E-state index contributed by atoms with van der Waals surface area (Å²) in [6, 6.07) is 15.3. The number of sulfonamides is 1. The molecular weight excluding hydrogens is 364 g/mol. The van der Waals surface area contributed by atoms with Gasteiger partial charge >= 0.3 is 0 Å². The molecule has 0 unspecified atom stereocenters. The van der Waals surface area contributed by atoms with E-state index in [-0.39, 0.29) is 17.0 Å². The van der Waals surface area contributed by atoms with Crippen LogP contribution in [-0.2, 0) is 10.0 Å². The van der Waals surface area contributed by atoms with Crippen molar-refractivity contribution in [3.8, 4) is 11.4 Å². The predicted octanol–water partition coefficient (Wildman–Crippen LogP) is 2.69. The van der Waals surface area contributed by atoms with Gasteiger partial charge in [-0.05, 0) is 18.2 Å². The average Bonchev–Trinajstić information content (AvgIpc) is 2.69. The lowest BCUT2D eigenvalue weighted by Crippen LogP contribution is -2.23. The summed E-state index contributed by atoms with van der Waals surface area (Å²) in [6.45, 7) is 1.96. The van der Waals surface area contributed by atoms with Crippen molar-refractivity contribution in [1.82, 2.24) is 14.7 Å². The maximum atomic E-state index is 12.4. The van der Waals surface area contributed by atoms with E-state index in [2.05, 4.69) is 20.0 Å². The summed E-state index contributed by atoms with van der Waals surface area (Å²) in [4.78, 5) is 20.9. The van der Waals surface area contributed by atoms with E-state index in [1.807, 2.05) is 30.3 Å². The molecule has 3 aromatic rings. The molecule has 138 valence electrons. The second-order valence-electron chi connectivity index (χ2n) is 5.64. The number of aromatic nitrogens is 2. The van der Waals surface area contributed by atoms with Crippen LogP contribution < -0.4 is 10.0 Å². The van der Waals surface area contributed by atoms with Crippen LogP contribution in [0.1, 0.15) is 17.3 Å². The minimum Gasteiger partial charge on any atom is -0.319 e. The summed E-state index contributed by atoms with van der Waals surface area (Å²) in [6.07, 6.45) is 3.01. The van der Waals surface area contributed by atoms with E-state index < -0.39 is 15.9 Å². The fourth-order valence-corrected chi connectivity index (χ4v) is 3.50. The van der Waals surface area contributed by atoms with Gasteiger partial charge in [0.1, 0.15) is 0 Å². The Kier molecular flexibility index (Phi) is 5.58. The van der Waals surface area contributed by atoms with E-state index in [0.29, 0.717) is 11.5 Å². The molecule has 2 N–H and O–H groups in total. The summed E-state index contributed by atoms with van der Waals surface area (Å²) in [5, 5.41) is 2.67. The summed E-state index contributed by atoms with van der Waals surface area (Å²) >= 11 is 0. The highest BCUT2D eigenvalue weighted by molar-refractivity contribution is 7.89. The fraction of sp³-hybridized carbons (Fsp3) is 0.105. The Hall–Kier alpha value is -3.10. The topological polar surface area (TPSA) is 101 Å². The molecule has 0 saturated heterocycles. The molecule has 1 aromatic heterocycles. The molecule has 27 heavy (non-hydrogen) atoms. The van der Waals surface area contributed by atoms with Crippen LogP contribution in [0.25, 0.3) is 11.4 Å². The zero-order chi connectivity index (χ0) is 19.3. The first-order valence-electron chi connectivity index (χ1n) is 8.28. The number of carbonyl (C=O) groups excluding carboxylic acids is 1. The van der Waals surface area contributed by atoms with E-state index in [4.69, 9.17) is 0 Å². The molecule has 0 fully saturated rings. The lowest BCUT2D eigenvalue weighted by Gasteiger charge is -2.08. The molecule has 1 amide bonds. The second-order valence-corrected chi connectivity index (χ2v) is 7.41. The highest BCUT2D eigenvalue weighted by Gasteiger charge is 2.15. The van der Waals surface area contributed by atoms with Gasteiger partial charge in [-0.15, -0.1) is 0 Å². The number of rotatable bonds is 6. The van der Waals surface area contributed by atoms with Gasteiger partial charge in [0.15, 0.2) is 5.82 Å². The second kappa shape index (κ2) is 8.07. The van der Waals surface area contributed by atoms with Gasteiger partial charge in [-0.3, -0.25) is 4.79 Å². The number of carbonyl (C=O) groups is 1. The number of hydrogen-bond acceptors (Lipinski definition) is 5. The molecule has 3 rings (SSSR count). The van der Waals surface area contributed by atoms with E-state index in [1.165, 1.54) is 30.6 Å². The molecule has 0 atom stereocenters. The largest absolute Gasteiger partial charge is 0.319 e. The van der Waals surface area contributed by atoms with Crippen molar-refractivity contribution < 1.29 is 13.2 Å². The molecule has 0 aliphatic heterocycles. The Morgan fingerprint density at radius 3 is 2.37 bits per heavy atom. The van der Waals surface area contributed by atoms with Crippen molar-refractivity contribution in [2.75, 3.05) is 11.9 Å². The minimum atomic E-state index is -3.63. The maximum absolute atomic E-state index is 12.4. The Balaban J connectivity index is 1.76. The number of benzene rings is 2. The van der Waals surface area contributed by atoms with Crippen molar-refractivity contribution in [3.05, 3.63) is 72.6 Å². The normalized spacial score (nSPS) is 11.1. The van der Waals surface area contributed by atoms with Crippen LogP contribution in [0.5, 0.6) is 0 Å². The molecule has 0 radical (unpaired) electrons. The average molecular weight is 382 g/mol. The standard InChI is InChI=1S/C19H18N4O3S/c1-2-22-27(25,26)17-10-6-9-15(11-17)19(24)23-16-12-20-18(21-13-16)14-7-4-3-5-8-14/h3-13,22H,2H2,1H3,(H,23,24). The van der Waals surface area contributed by atoms with Crippen LogP contribution in [0.2, 0.25) is 0 Å². The third kappa shape index (κ3) is 4.55. The number of hydrogen-bond donors (Lipinski definition) is 2. The zero-order valence-electron chi connectivity index (χ0n) is 14.6. The third-order valence-electron chi connectivity index (χ3n) is 3.68. The van der Waals surface area contributed by atoms with Crippen LogP contribution >= 0.6 is 0 Å². The Morgan fingerprint density at radius 2 is 1.70 bits per heavy atom. The first-order valence-corrected chi connectivity index (χ1v) is 9.76. The third-order valence-corrected chi connectivity index (χ3v) is 5.23. The monoisotopic (exact) mass is 382 g/mol. The molecule has 2 aromatic carbocycles. The zero-order valence-corrected chi connectivity index (χ0v) is 15.4. The van der Waals surface area contributed by atoms with Crippen molar-refractivity contribution in [3.63, 3.8) is 0 Å². The smallest absolute Gasteiger partial charge is 0.255 e. The molecule has 0 spiro atoms. The number of amides is 1. The molecule has 0 aliphatic rings. The number of nitrogens with one attached hydrogen (secondary N) is 2. The molecule has 0 aliphatic carbocycles. The van der Waals surface area contributed by atoms with Gasteiger partial charge in [0.25, 0.3) is 5.91 Å². The lowest BCUT2D eigenvalue weighted by molar-refractivity contribution is 0.102. The van der Waals surface area contributed by atoms with Gasteiger partial charge in [0.05, 0.1) is 23.0 Å². The van der Waals surface area contributed by atoms with Gasteiger partial charge in [0.2, 0.25) is 10.0 Å². The first-order chi connectivity index (χ1) is 13.0. The van der Waals surface area contributed by atoms with E-state index >= 15 is 0 Å². The van der Waals surface area contributed by atoms with Gasteiger partial charge in [-0.25, -0.2) is 23.1 Å². The van der Waals surface area contributed by atoms with Crippen LogP contribution in [0.3, 0.4) is 0 Å². The van der Waals surface area contributed by atoms with Crippen molar-refractivity contribution >= 4 is 21.6 Å². The Morgan fingerprint density at radius 1 is 1.00 bits per heavy atom. The van der Waals surface area contributed by atoms with E-state index in [9.17, 15) is 13.2 Å². The van der Waals surface area contributed by atoms with Gasteiger partial charge in [-0.1, -0.05) is 43.3 Å². The first kappa shape index (κ1) is 18.7. The summed E-state index contributed by atoms with van der Waals surface area (Å²) in [7, 11) is -3.63. The van der Waals surface area contributed by atoms with E-state index in [0.717, 1.165) is 5.56 Å². The maximum Gasteiger partial charge on any atom is 0.255 e. The molecule has 0 saturated carbocycles. The van der Waals surface area contributed by atoms with Crippen molar-refractivity contribution in [2.45, 2.75) is 11.8 Å². The van der Waals surface area contributed by atoms with Gasteiger partial charge < -0.3 is 5.32 Å². The quantitative estimate of drug-likeness (QED) is 0.683. The summed E-state index contributed by atoms with van der Waals surface area (Å²) in [5.74, 6) is 0.104. The SMILES string of the molecule is CCNS(=O)(=O)c1cccc(C(=O)Nc2cnc(-c3ccccc3)nc2)c1. The molecule has 0 bridgehead atoms. The van der Waals surface area contributed by atoms with Gasteiger partial charge in [-0.2, -0.15) is 0 Å². The number of nitrogens with zero attached hydrogens (tertiary/aromatic N) is 2. The van der Waals surface area contributed by atoms with E-state index in [1.54, 1.807) is 13.0 Å². The van der Waals surface area contributed by atoms with Crippen LogP contribution in [0, 0.1) is 0 Å². The Labute approximate surface area is 157 Å². The summed E-state index contributed by atoms with van der Waals surface area (Å²) in [5.41, 5.74) is 1.51. The van der Waals surface area contributed by atoms with Crippen LogP contribution in [0.4, 0.5) is 5.69 Å². The highest BCUT2D eigenvalue weighted by atomic mass is 32.2. The molecule has 1 heterocycles. The Bertz CT molecular complexity index is 1040. The fourth-order valence-electron chi connectivity index (χ4n) is 2.41. The lowest BCUT2D eigenvalue weighted by atomic mass is 10.2. The van der Waals surface area contributed by atoms with Crippen molar-refractivity contribution in [1.29, 1.82) is 0 Å². The highest BCUT2D eigenvalue weighted by Crippen LogP contribution is 2.16. The van der Waals surface area contributed by atoms with Crippen LogP contribution in [-0.4, -0.2) is 30.8 Å². The summed E-state index contributed by atoms with van der Waals surface area (Å²) < 4.78 is 26.5. The van der Waals surface area contributed by atoms with Crippen molar-refractivity contribution in [2.24, 2.45) is 0 Å². The van der Waals surface area contributed by atoms with Gasteiger partial charge in [0, 0.05) is 17.7 Å².